The Morgan fingerprint density at radius 3 is 2.61 bits per heavy atom. The molecule has 2 aliphatic rings. The number of aliphatic hydroxyl groups excluding tert-OH is 1. The molecule has 5 heteroatoms. The first kappa shape index (κ1) is 16.1. The summed E-state index contributed by atoms with van der Waals surface area (Å²) in [7, 11) is 0. The minimum atomic E-state index is -0.0902. The van der Waals surface area contributed by atoms with Gasteiger partial charge < -0.3 is 20.1 Å². The van der Waals surface area contributed by atoms with Crippen molar-refractivity contribution in [1.82, 2.24) is 4.90 Å². The molecule has 2 fully saturated rings. The molecule has 2 N–H and O–H groups in total. The maximum Gasteiger partial charge on any atom is 0.321 e. The third-order valence-electron chi connectivity index (χ3n) is 4.77. The van der Waals surface area contributed by atoms with Crippen molar-refractivity contribution in [2.45, 2.75) is 44.6 Å². The fraction of sp³-hybridized carbons (Fsp3) is 0.611. The van der Waals surface area contributed by atoms with Gasteiger partial charge in [0.15, 0.2) is 0 Å². The number of carbonyl (C=O) groups excluding carboxylic acids is 1. The second kappa shape index (κ2) is 7.68. The predicted octanol–water partition coefficient (Wildman–Crippen LogP) is 3.24. The quantitative estimate of drug-likeness (QED) is 0.896. The van der Waals surface area contributed by atoms with Gasteiger partial charge in [-0.25, -0.2) is 4.79 Å². The van der Waals surface area contributed by atoms with Gasteiger partial charge in [-0.2, -0.15) is 0 Å². The van der Waals surface area contributed by atoms with Crippen molar-refractivity contribution in [3.8, 4) is 5.75 Å². The lowest BCUT2D eigenvalue weighted by atomic mass is 9.99. The van der Waals surface area contributed by atoms with Gasteiger partial charge in [0.2, 0.25) is 0 Å². The largest absolute Gasteiger partial charge is 0.490 e. The molecule has 0 spiro atoms. The molecule has 2 amide bonds. The summed E-state index contributed by atoms with van der Waals surface area (Å²) in [4.78, 5) is 14.1. The van der Waals surface area contributed by atoms with E-state index in [1.807, 2.05) is 24.3 Å². The van der Waals surface area contributed by atoms with Crippen LogP contribution in [0.5, 0.6) is 5.75 Å². The van der Waals surface area contributed by atoms with Crippen molar-refractivity contribution in [2.24, 2.45) is 5.92 Å². The molecule has 1 aliphatic heterocycles. The number of amides is 2. The molecular weight excluding hydrogens is 292 g/mol. The Balaban J connectivity index is 1.52. The first-order valence-electron chi connectivity index (χ1n) is 8.68. The zero-order valence-electron chi connectivity index (χ0n) is 13.5. The Bertz CT molecular complexity index is 512. The van der Waals surface area contributed by atoms with Crippen molar-refractivity contribution in [3.63, 3.8) is 0 Å². The maximum atomic E-state index is 12.3. The van der Waals surface area contributed by atoms with Crippen LogP contribution in [0, 0.1) is 5.92 Å². The summed E-state index contributed by atoms with van der Waals surface area (Å²) in [6.07, 6.45) is 7.07. The van der Waals surface area contributed by atoms with E-state index >= 15 is 0 Å². The SMILES string of the molecule is O=C(Nc1ccc(OC2CCCC2)cc1)N1CCCC(CO)C1. The van der Waals surface area contributed by atoms with Crippen LogP contribution >= 0.6 is 0 Å². The number of anilines is 1. The average molecular weight is 318 g/mol. The molecule has 1 atom stereocenters. The van der Waals surface area contributed by atoms with Crippen LogP contribution in [0.25, 0.3) is 0 Å². The number of piperidine rings is 1. The first-order chi connectivity index (χ1) is 11.2. The maximum absolute atomic E-state index is 12.3. The van der Waals surface area contributed by atoms with E-state index in [1.54, 1.807) is 4.90 Å². The number of aliphatic hydroxyl groups is 1. The molecule has 1 saturated heterocycles. The molecule has 1 aromatic rings. The smallest absolute Gasteiger partial charge is 0.321 e. The number of hydrogen-bond donors (Lipinski definition) is 2. The average Bonchev–Trinajstić information content (AvgIpc) is 3.09. The van der Waals surface area contributed by atoms with Crippen LogP contribution in [-0.4, -0.2) is 41.8 Å². The van der Waals surface area contributed by atoms with E-state index in [-0.39, 0.29) is 18.6 Å². The summed E-state index contributed by atoms with van der Waals surface area (Å²) in [6, 6.07) is 7.51. The normalized spacial score (nSPS) is 22.1. The van der Waals surface area contributed by atoms with Gasteiger partial charge in [0.05, 0.1) is 6.10 Å². The summed E-state index contributed by atoms with van der Waals surface area (Å²) < 4.78 is 5.93. The van der Waals surface area contributed by atoms with Gasteiger partial charge in [-0.1, -0.05) is 0 Å². The molecular formula is C18H26N2O3. The number of hydrogen-bond acceptors (Lipinski definition) is 3. The number of nitrogens with one attached hydrogen (secondary N) is 1. The lowest BCUT2D eigenvalue weighted by Crippen LogP contribution is -2.43. The topological polar surface area (TPSA) is 61.8 Å². The molecule has 1 aromatic carbocycles. The molecule has 126 valence electrons. The van der Waals surface area contributed by atoms with Crippen LogP contribution in [0.1, 0.15) is 38.5 Å². The van der Waals surface area contributed by atoms with Crippen LogP contribution in [0.15, 0.2) is 24.3 Å². The van der Waals surface area contributed by atoms with E-state index in [9.17, 15) is 9.90 Å². The number of likely N-dealkylation sites (tertiary alicyclic amines) is 1. The molecule has 3 rings (SSSR count). The van der Waals surface area contributed by atoms with E-state index in [2.05, 4.69) is 5.32 Å². The number of carbonyl (C=O) groups is 1. The van der Waals surface area contributed by atoms with Gasteiger partial charge in [-0.15, -0.1) is 0 Å². The van der Waals surface area contributed by atoms with Gasteiger partial charge in [-0.05, 0) is 68.7 Å². The van der Waals surface area contributed by atoms with Crippen LogP contribution in [0.4, 0.5) is 10.5 Å². The molecule has 1 aliphatic carbocycles. The number of urea groups is 1. The van der Waals surface area contributed by atoms with E-state index in [0.717, 1.165) is 43.7 Å². The Morgan fingerprint density at radius 1 is 1.17 bits per heavy atom. The van der Waals surface area contributed by atoms with E-state index < -0.39 is 0 Å². The number of rotatable bonds is 4. The summed E-state index contributed by atoms with van der Waals surface area (Å²) in [5.41, 5.74) is 0.778. The molecule has 0 bridgehead atoms. The molecule has 0 aromatic heterocycles. The highest BCUT2D eigenvalue weighted by atomic mass is 16.5. The summed E-state index contributed by atoms with van der Waals surface area (Å²) >= 11 is 0. The lowest BCUT2D eigenvalue weighted by molar-refractivity contribution is 0.136. The Labute approximate surface area is 137 Å². The summed E-state index contributed by atoms with van der Waals surface area (Å²) in [5, 5.41) is 12.2. The summed E-state index contributed by atoms with van der Waals surface area (Å²) in [5.74, 6) is 1.07. The summed E-state index contributed by atoms with van der Waals surface area (Å²) in [6.45, 7) is 1.54. The van der Waals surface area contributed by atoms with Crippen molar-refractivity contribution >= 4 is 11.7 Å². The molecule has 1 unspecified atom stereocenters. The molecule has 1 heterocycles. The minimum Gasteiger partial charge on any atom is -0.490 e. The molecule has 1 saturated carbocycles. The standard InChI is InChI=1S/C18H26N2O3/c21-13-14-4-3-11-20(12-14)18(22)19-15-7-9-17(10-8-15)23-16-5-1-2-6-16/h7-10,14,16,21H,1-6,11-13H2,(H,19,22). The fourth-order valence-electron chi connectivity index (χ4n) is 3.42. The van der Waals surface area contributed by atoms with Crippen molar-refractivity contribution in [2.75, 3.05) is 25.0 Å². The zero-order chi connectivity index (χ0) is 16.1. The van der Waals surface area contributed by atoms with Gasteiger partial charge in [0.25, 0.3) is 0 Å². The van der Waals surface area contributed by atoms with Gasteiger partial charge >= 0.3 is 6.03 Å². The second-order valence-electron chi connectivity index (χ2n) is 6.62. The monoisotopic (exact) mass is 318 g/mol. The minimum absolute atomic E-state index is 0.0902. The molecule has 5 nitrogen and oxygen atoms in total. The van der Waals surface area contributed by atoms with Crippen molar-refractivity contribution in [1.29, 1.82) is 0 Å². The highest BCUT2D eigenvalue weighted by Gasteiger charge is 2.23. The van der Waals surface area contributed by atoms with Crippen molar-refractivity contribution < 1.29 is 14.6 Å². The predicted molar refractivity (Wildman–Crippen MR) is 89.7 cm³/mol. The highest BCUT2D eigenvalue weighted by molar-refractivity contribution is 5.89. The Kier molecular flexibility index (Phi) is 5.39. The third-order valence-corrected chi connectivity index (χ3v) is 4.77. The van der Waals surface area contributed by atoms with Crippen LogP contribution in [0.2, 0.25) is 0 Å². The van der Waals surface area contributed by atoms with Gasteiger partial charge in [-0.3, -0.25) is 0 Å². The van der Waals surface area contributed by atoms with E-state index in [4.69, 9.17) is 4.74 Å². The number of nitrogens with zero attached hydrogens (tertiary/aromatic N) is 1. The van der Waals surface area contributed by atoms with Gasteiger partial charge in [0, 0.05) is 25.4 Å². The lowest BCUT2D eigenvalue weighted by Gasteiger charge is -2.31. The molecule has 0 radical (unpaired) electrons. The Morgan fingerprint density at radius 2 is 1.91 bits per heavy atom. The first-order valence-corrected chi connectivity index (χ1v) is 8.68. The van der Waals surface area contributed by atoms with Crippen LogP contribution in [0.3, 0.4) is 0 Å². The zero-order valence-corrected chi connectivity index (χ0v) is 13.5. The second-order valence-corrected chi connectivity index (χ2v) is 6.62. The highest BCUT2D eigenvalue weighted by Crippen LogP contribution is 2.25. The van der Waals surface area contributed by atoms with Crippen molar-refractivity contribution in [3.05, 3.63) is 24.3 Å². The van der Waals surface area contributed by atoms with E-state index in [0.29, 0.717) is 12.6 Å². The Hall–Kier alpha value is -1.75. The van der Waals surface area contributed by atoms with E-state index in [1.165, 1.54) is 12.8 Å². The number of benzene rings is 1. The van der Waals surface area contributed by atoms with Crippen LogP contribution in [-0.2, 0) is 0 Å². The van der Waals surface area contributed by atoms with Gasteiger partial charge in [0.1, 0.15) is 5.75 Å². The third kappa shape index (κ3) is 4.38. The fourth-order valence-corrected chi connectivity index (χ4v) is 3.42. The molecule has 23 heavy (non-hydrogen) atoms. The van der Waals surface area contributed by atoms with Crippen LogP contribution < -0.4 is 10.1 Å². The number of ether oxygens (including phenoxy) is 1.